The van der Waals surface area contributed by atoms with E-state index in [0.717, 1.165) is 43.9 Å². The second-order valence-electron chi connectivity index (χ2n) is 6.03. The van der Waals surface area contributed by atoms with Gasteiger partial charge in [-0.2, -0.15) is 0 Å². The van der Waals surface area contributed by atoms with Crippen molar-refractivity contribution in [1.82, 2.24) is 14.9 Å². The molecule has 0 radical (unpaired) electrons. The SMILES string of the molecule is CCc1ccccc1NC(=O)c1cnc(N2CCN(C)CC2)nc1. The average Bonchev–Trinajstić information content (AvgIpc) is 2.63. The Hall–Kier alpha value is -2.47. The Morgan fingerprint density at radius 1 is 1.12 bits per heavy atom. The molecule has 0 spiro atoms. The summed E-state index contributed by atoms with van der Waals surface area (Å²) in [4.78, 5) is 25.6. The summed E-state index contributed by atoms with van der Waals surface area (Å²) in [5, 5.41) is 2.94. The lowest BCUT2D eigenvalue weighted by molar-refractivity contribution is 0.102. The lowest BCUT2D eigenvalue weighted by Crippen LogP contribution is -2.45. The number of nitrogens with zero attached hydrogens (tertiary/aromatic N) is 4. The van der Waals surface area contributed by atoms with Gasteiger partial charge in [-0.15, -0.1) is 0 Å². The van der Waals surface area contributed by atoms with Gasteiger partial charge in [0.25, 0.3) is 5.91 Å². The molecule has 0 unspecified atom stereocenters. The molecular formula is C18H23N5O. The summed E-state index contributed by atoms with van der Waals surface area (Å²) < 4.78 is 0. The van der Waals surface area contributed by atoms with Gasteiger partial charge in [0.05, 0.1) is 5.56 Å². The summed E-state index contributed by atoms with van der Waals surface area (Å²) in [6.07, 6.45) is 4.07. The monoisotopic (exact) mass is 325 g/mol. The topological polar surface area (TPSA) is 61.4 Å². The molecule has 0 bridgehead atoms. The van der Waals surface area contributed by atoms with Crippen molar-refractivity contribution in [3.05, 3.63) is 47.8 Å². The summed E-state index contributed by atoms with van der Waals surface area (Å²) in [5.41, 5.74) is 2.42. The molecule has 1 aliphatic rings. The molecule has 1 aliphatic heterocycles. The number of benzene rings is 1. The third-order valence-electron chi connectivity index (χ3n) is 4.33. The van der Waals surface area contributed by atoms with Crippen molar-refractivity contribution >= 4 is 17.5 Å². The van der Waals surface area contributed by atoms with Gasteiger partial charge in [-0.05, 0) is 25.1 Å². The van der Waals surface area contributed by atoms with Crippen molar-refractivity contribution < 1.29 is 4.79 Å². The van der Waals surface area contributed by atoms with Crippen LogP contribution in [0.4, 0.5) is 11.6 Å². The summed E-state index contributed by atoms with van der Waals surface area (Å²) >= 11 is 0. The van der Waals surface area contributed by atoms with Crippen molar-refractivity contribution in [2.45, 2.75) is 13.3 Å². The number of para-hydroxylation sites is 1. The van der Waals surface area contributed by atoms with Gasteiger partial charge in [-0.3, -0.25) is 4.79 Å². The van der Waals surface area contributed by atoms with Gasteiger partial charge < -0.3 is 15.1 Å². The van der Waals surface area contributed by atoms with Crippen molar-refractivity contribution in [3.63, 3.8) is 0 Å². The van der Waals surface area contributed by atoms with Gasteiger partial charge in [-0.1, -0.05) is 25.1 Å². The second kappa shape index (κ2) is 7.40. The Kier molecular flexibility index (Phi) is 5.05. The first-order valence-electron chi connectivity index (χ1n) is 8.32. The molecule has 0 atom stereocenters. The Balaban J connectivity index is 1.68. The highest BCUT2D eigenvalue weighted by Crippen LogP contribution is 2.17. The predicted octanol–water partition coefficient (Wildman–Crippen LogP) is 2.04. The van der Waals surface area contributed by atoms with E-state index >= 15 is 0 Å². The fraction of sp³-hybridized carbons (Fsp3) is 0.389. The van der Waals surface area contributed by atoms with Crippen LogP contribution in [0.3, 0.4) is 0 Å². The highest BCUT2D eigenvalue weighted by atomic mass is 16.1. The number of anilines is 2. The normalized spacial score (nSPS) is 15.3. The standard InChI is InChI=1S/C18H23N5O/c1-3-14-6-4-5-7-16(14)21-17(24)15-12-19-18(20-13-15)23-10-8-22(2)9-11-23/h4-7,12-13H,3,8-11H2,1-2H3,(H,21,24). The Labute approximate surface area is 142 Å². The molecule has 6 nitrogen and oxygen atoms in total. The van der Waals surface area contributed by atoms with Crippen LogP contribution in [-0.4, -0.2) is 54.0 Å². The number of aryl methyl sites for hydroxylation is 1. The molecule has 1 amide bonds. The van der Waals surface area contributed by atoms with E-state index in [0.29, 0.717) is 11.5 Å². The Morgan fingerprint density at radius 2 is 1.79 bits per heavy atom. The maximum absolute atomic E-state index is 12.4. The zero-order valence-electron chi connectivity index (χ0n) is 14.2. The Bertz CT molecular complexity index is 693. The van der Waals surface area contributed by atoms with Crippen molar-refractivity contribution in [2.24, 2.45) is 0 Å². The molecule has 2 heterocycles. The van der Waals surface area contributed by atoms with Crippen LogP contribution in [0.2, 0.25) is 0 Å². The highest BCUT2D eigenvalue weighted by molar-refractivity contribution is 6.04. The number of carbonyl (C=O) groups is 1. The van der Waals surface area contributed by atoms with Crippen LogP contribution in [0.1, 0.15) is 22.8 Å². The first-order chi connectivity index (χ1) is 11.7. The molecule has 1 aromatic carbocycles. The van der Waals surface area contributed by atoms with Crippen LogP contribution in [0, 0.1) is 0 Å². The molecule has 126 valence electrons. The van der Waals surface area contributed by atoms with Crippen LogP contribution in [0.15, 0.2) is 36.7 Å². The average molecular weight is 325 g/mol. The summed E-state index contributed by atoms with van der Waals surface area (Å²) in [7, 11) is 2.11. The molecule has 2 aromatic rings. The molecule has 1 aromatic heterocycles. The second-order valence-corrected chi connectivity index (χ2v) is 6.03. The molecule has 1 fully saturated rings. The summed E-state index contributed by atoms with van der Waals surface area (Å²) in [5.74, 6) is 0.509. The van der Waals surface area contributed by atoms with Crippen molar-refractivity contribution in [3.8, 4) is 0 Å². The maximum Gasteiger partial charge on any atom is 0.258 e. The number of aromatic nitrogens is 2. The summed E-state index contributed by atoms with van der Waals surface area (Å²) in [6, 6.07) is 7.82. The third-order valence-corrected chi connectivity index (χ3v) is 4.33. The van der Waals surface area contributed by atoms with Crippen LogP contribution < -0.4 is 10.2 Å². The van der Waals surface area contributed by atoms with E-state index < -0.39 is 0 Å². The van der Waals surface area contributed by atoms with Crippen LogP contribution in [-0.2, 0) is 6.42 Å². The predicted molar refractivity (Wildman–Crippen MR) is 95.5 cm³/mol. The number of carbonyl (C=O) groups excluding carboxylic acids is 1. The van der Waals surface area contributed by atoms with E-state index in [9.17, 15) is 4.79 Å². The number of hydrogen-bond donors (Lipinski definition) is 1. The number of likely N-dealkylation sites (N-methyl/N-ethyl adjacent to an activating group) is 1. The fourth-order valence-corrected chi connectivity index (χ4v) is 2.75. The summed E-state index contributed by atoms with van der Waals surface area (Å²) in [6.45, 7) is 5.88. The first kappa shape index (κ1) is 16.4. The number of rotatable bonds is 4. The molecule has 6 heteroatoms. The molecule has 1 N–H and O–H groups in total. The van der Waals surface area contributed by atoms with Gasteiger partial charge in [0, 0.05) is 44.3 Å². The first-order valence-corrected chi connectivity index (χ1v) is 8.32. The molecule has 3 rings (SSSR count). The molecular weight excluding hydrogens is 302 g/mol. The molecule has 24 heavy (non-hydrogen) atoms. The van der Waals surface area contributed by atoms with Gasteiger partial charge >= 0.3 is 0 Å². The quantitative estimate of drug-likeness (QED) is 0.932. The van der Waals surface area contributed by atoms with Crippen LogP contribution in [0.25, 0.3) is 0 Å². The van der Waals surface area contributed by atoms with Gasteiger partial charge in [0.2, 0.25) is 5.95 Å². The maximum atomic E-state index is 12.4. The fourth-order valence-electron chi connectivity index (χ4n) is 2.75. The zero-order chi connectivity index (χ0) is 16.9. The van der Waals surface area contributed by atoms with E-state index in [1.165, 1.54) is 0 Å². The van der Waals surface area contributed by atoms with Crippen molar-refractivity contribution in [2.75, 3.05) is 43.4 Å². The largest absolute Gasteiger partial charge is 0.338 e. The minimum Gasteiger partial charge on any atom is -0.338 e. The van der Waals surface area contributed by atoms with Crippen molar-refractivity contribution in [1.29, 1.82) is 0 Å². The lowest BCUT2D eigenvalue weighted by atomic mass is 10.1. The molecule has 0 saturated carbocycles. The smallest absolute Gasteiger partial charge is 0.258 e. The number of hydrogen-bond acceptors (Lipinski definition) is 5. The molecule has 0 aliphatic carbocycles. The number of amides is 1. The minimum absolute atomic E-state index is 0.180. The van der Waals surface area contributed by atoms with E-state index in [2.05, 4.69) is 39.1 Å². The van der Waals surface area contributed by atoms with E-state index in [1.807, 2.05) is 24.3 Å². The van der Waals surface area contributed by atoms with Gasteiger partial charge in [-0.25, -0.2) is 9.97 Å². The van der Waals surface area contributed by atoms with Crippen LogP contribution >= 0.6 is 0 Å². The minimum atomic E-state index is -0.180. The zero-order valence-corrected chi connectivity index (χ0v) is 14.2. The van der Waals surface area contributed by atoms with E-state index in [-0.39, 0.29) is 5.91 Å². The third kappa shape index (κ3) is 3.71. The lowest BCUT2D eigenvalue weighted by Gasteiger charge is -2.32. The number of piperazine rings is 1. The Morgan fingerprint density at radius 3 is 2.46 bits per heavy atom. The van der Waals surface area contributed by atoms with Crippen LogP contribution in [0.5, 0.6) is 0 Å². The highest BCUT2D eigenvalue weighted by Gasteiger charge is 2.17. The van der Waals surface area contributed by atoms with E-state index in [1.54, 1.807) is 12.4 Å². The molecule has 1 saturated heterocycles. The van der Waals surface area contributed by atoms with Gasteiger partial charge in [0.15, 0.2) is 0 Å². The van der Waals surface area contributed by atoms with Gasteiger partial charge in [0.1, 0.15) is 0 Å². The van der Waals surface area contributed by atoms with E-state index in [4.69, 9.17) is 0 Å². The number of nitrogens with one attached hydrogen (secondary N) is 1.